The molecule has 0 saturated carbocycles. The van der Waals surface area contributed by atoms with E-state index in [0.29, 0.717) is 12.2 Å². The predicted octanol–water partition coefficient (Wildman–Crippen LogP) is 2.34. The van der Waals surface area contributed by atoms with Crippen molar-refractivity contribution in [3.8, 4) is 0 Å². The lowest BCUT2D eigenvalue weighted by atomic mass is 10.1. The quantitative estimate of drug-likeness (QED) is 0.852. The number of nitrogens with two attached hydrogens (primary N) is 1. The monoisotopic (exact) mass is 236 g/mol. The summed E-state index contributed by atoms with van der Waals surface area (Å²) in [6, 6.07) is 2.46. The van der Waals surface area contributed by atoms with Gasteiger partial charge in [-0.15, -0.1) is 0 Å². The highest BCUT2D eigenvalue weighted by Crippen LogP contribution is 2.20. The molecular formula is C14H24N2O. The van der Waals surface area contributed by atoms with E-state index in [1.54, 1.807) is 0 Å². The Kier molecular flexibility index (Phi) is 4.24. The van der Waals surface area contributed by atoms with Crippen molar-refractivity contribution in [1.82, 2.24) is 4.57 Å². The molecule has 3 atom stereocenters. The zero-order chi connectivity index (χ0) is 12.3. The van der Waals surface area contributed by atoms with Crippen LogP contribution in [0.15, 0.2) is 18.5 Å². The number of rotatable bonds is 5. The third-order valence-corrected chi connectivity index (χ3v) is 3.57. The van der Waals surface area contributed by atoms with E-state index in [4.69, 9.17) is 10.5 Å². The maximum atomic E-state index is 5.96. The Bertz CT molecular complexity index is 348. The second-order valence-corrected chi connectivity index (χ2v) is 5.24. The highest BCUT2D eigenvalue weighted by Gasteiger charge is 2.21. The van der Waals surface area contributed by atoms with E-state index >= 15 is 0 Å². The normalized spacial score (nSPS) is 26.3. The lowest BCUT2D eigenvalue weighted by Crippen LogP contribution is -2.21. The second-order valence-electron chi connectivity index (χ2n) is 5.24. The highest BCUT2D eigenvalue weighted by molar-refractivity contribution is 5.12. The zero-order valence-electron chi connectivity index (χ0n) is 10.9. The standard InChI is InChI=1S/C14H24N2O/c1-3-13(15)8-12-6-7-16(9-12)10-14-5-4-11(2)17-14/h6-7,9,11,13-14H,3-5,8,10,15H2,1-2H3. The van der Waals surface area contributed by atoms with Gasteiger partial charge >= 0.3 is 0 Å². The van der Waals surface area contributed by atoms with E-state index < -0.39 is 0 Å². The van der Waals surface area contributed by atoms with Gasteiger partial charge in [-0.2, -0.15) is 0 Å². The molecular weight excluding hydrogens is 212 g/mol. The van der Waals surface area contributed by atoms with Crippen LogP contribution in [0.25, 0.3) is 0 Å². The number of ether oxygens (including phenoxy) is 1. The van der Waals surface area contributed by atoms with Crippen molar-refractivity contribution in [1.29, 1.82) is 0 Å². The summed E-state index contributed by atoms with van der Waals surface area (Å²) in [5.74, 6) is 0. The lowest BCUT2D eigenvalue weighted by Gasteiger charge is -2.12. The molecule has 1 aliphatic rings. The van der Waals surface area contributed by atoms with Gasteiger partial charge in [0.05, 0.1) is 12.2 Å². The van der Waals surface area contributed by atoms with E-state index in [-0.39, 0.29) is 6.04 Å². The van der Waals surface area contributed by atoms with Crippen LogP contribution in [0.3, 0.4) is 0 Å². The second kappa shape index (κ2) is 5.69. The van der Waals surface area contributed by atoms with Gasteiger partial charge in [0.15, 0.2) is 0 Å². The van der Waals surface area contributed by atoms with Gasteiger partial charge in [-0.1, -0.05) is 6.92 Å². The molecule has 1 saturated heterocycles. The van der Waals surface area contributed by atoms with Crippen molar-refractivity contribution in [3.63, 3.8) is 0 Å². The summed E-state index contributed by atoms with van der Waals surface area (Å²) < 4.78 is 8.07. The van der Waals surface area contributed by atoms with Gasteiger partial charge in [-0.25, -0.2) is 0 Å². The first-order valence-electron chi connectivity index (χ1n) is 6.73. The smallest absolute Gasteiger partial charge is 0.0758 e. The maximum Gasteiger partial charge on any atom is 0.0758 e. The molecule has 0 bridgehead atoms. The van der Waals surface area contributed by atoms with Crippen LogP contribution < -0.4 is 5.73 Å². The molecule has 3 nitrogen and oxygen atoms in total. The van der Waals surface area contributed by atoms with Gasteiger partial charge in [0, 0.05) is 25.0 Å². The van der Waals surface area contributed by atoms with E-state index in [1.165, 1.54) is 18.4 Å². The molecule has 0 amide bonds. The molecule has 2 N–H and O–H groups in total. The molecule has 1 aromatic rings. The molecule has 3 heteroatoms. The average molecular weight is 236 g/mol. The van der Waals surface area contributed by atoms with Gasteiger partial charge in [-0.05, 0) is 44.2 Å². The fourth-order valence-corrected chi connectivity index (χ4v) is 2.43. The number of aromatic nitrogens is 1. The third-order valence-electron chi connectivity index (χ3n) is 3.57. The Hall–Kier alpha value is -0.800. The molecule has 1 aromatic heterocycles. The first-order valence-corrected chi connectivity index (χ1v) is 6.73. The summed E-state index contributed by atoms with van der Waals surface area (Å²) in [5.41, 5.74) is 7.30. The molecule has 1 fully saturated rings. The Morgan fingerprint density at radius 3 is 3.00 bits per heavy atom. The minimum Gasteiger partial charge on any atom is -0.373 e. The van der Waals surface area contributed by atoms with Crippen molar-refractivity contribution in [3.05, 3.63) is 24.0 Å². The molecule has 2 heterocycles. The summed E-state index contributed by atoms with van der Waals surface area (Å²) in [6.45, 7) is 5.27. The van der Waals surface area contributed by atoms with Crippen LogP contribution in [0.1, 0.15) is 38.7 Å². The minimum atomic E-state index is 0.286. The molecule has 0 radical (unpaired) electrons. The van der Waals surface area contributed by atoms with E-state index in [2.05, 4.69) is 36.9 Å². The fraction of sp³-hybridized carbons (Fsp3) is 0.714. The van der Waals surface area contributed by atoms with Crippen LogP contribution in [0.2, 0.25) is 0 Å². The molecule has 0 aromatic carbocycles. The molecule has 96 valence electrons. The number of hydrogen-bond acceptors (Lipinski definition) is 2. The molecule has 2 rings (SSSR count). The predicted molar refractivity (Wildman–Crippen MR) is 70.0 cm³/mol. The van der Waals surface area contributed by atoms with Gasteiger partial charge in [-0.3, -0.25) is 0 Å². The largest absolute Gasteiger partial charge is 0.373 e. The maximum absolute atomic E-state index is 5.96. The van der Waals surface area contributed by atoms with Crippen LogP contribution in [0.5, 0.6) is 0 Å². The summed E-state index contributed by atoms with van der Waals surface area (Å²) in [5, 5.41) is 0. The summed E-state index contributed by atoms with van der Waals surface area (Å²) in [7, 11) is 0. The van der Waals surface area contributed by atoms with Crippen LogP contribution in [-0.2, 0) is 17.7 Å². The third kappa shape index (κ3) is 3.58. The van der Waals surface area contributed by atoms with Crippen LogP contribution in [0, 0.1) is 0 Å². The van der Waals surface area contributed by atoms with E-state index in [0.717, 1.165) is 19.4 Å². The van der Waals surface area contributed by atoms with Crippen molar-refractivity contribution in [2.45, 2.75) is 64.3 Å². The van der Waals surface area contributed by atoms with Gasteiger partial charge in [0.1, 0.15) is 0 Å². The Morgan fingerprint density at radius 2 is 2.35 bits per heavy atom. The highest BCUT2D eigenvalue weighted by atomic mass is 16.5. The van der Waals surface area contributed by atoms with Gasteiger partial charge < -0.3 is 15.0 Å². The van der Waals surface area contributed by atoms with Gasteiger partial charge in [0.2, 0.25) is 0 Å². The molecule has 0 aliphatic carbocycles. The Labute approximate surface area is 104 Å². The fourth-order valence-electron chi connectivity index (χ4n) is 2.43. The first kappa shape index (κ1) is 12.7. The Morgan fingerprint density at radius 1 is 1.53 bits per heavy atom. The van der Waals surface area contributed by atoms with Crippen molar-refractivity contribution >= 4 is 0 Å². The molecule has 0 spiro atoms. The van der Waals surface area contributed by atoms with Crippen LogP contribution in [-0.4, -0.2) is 22.8 Å². The molecule has 3 unspecified atom stereocenters. The topological polar surface area (TPSA) is 40.2 Å². The van der Waals surface area contributed by atoms with Crippen molar-refractivity contribution in [2.24, 2.45) is 5.73 Å². The van der Waals surface area contributed by atoms with Crippen molar-refractivity contribution in [2.75, 3.05) is 0 Å². The minimum absolute atomic E-state index is 0.286. The summed E-state index contributed by atoms with van der Waals surface area (Å²) in [4.78, 5) is 0. The van der Waals surface area contributed by atoms with E-state index in [9.17, 15) is 0 Å². The van der Waals surface area contributed by atoms with Crippen molar-refractivity contribution < 1.29 is 4.74 Å². The summed E-state index contributed by atoms with van der Waals surface area (Å²) in [6.07, 6.45) is 9.57. The van der Waals surface area contributed by atoms with E-state index in [1.807, 2.05) is 0 Å². The number of hydrogen-bond donors (Lipinski definition) is 1. The average Bonchev–Trinajstić information content (AvgIpc) is 2.89. The van der Waals surface area contributed by atoms with Crippen LogP contribution in [0.4, 0.5) is 0 Å². The Balaban J connectivity index is 1.85. The zero-order valence-corrected chi connectivity index (χ0v) is 10.9. The lowest BCUT2D eigenvalue weighted by molar-refractivity contribution is 0.0458. The molecule has 17 heavy (non-hydrogen) atoms. The molecule has 1 aliphatic heterocycles. The van der Waals surface area contributed by atoms with Gasteiger partial charge in [0.25, 0.3) is 0 Å². The SMILES string of the molecule is CCC(N)Cc1ccn(CC2CCC(C)O2)c1. The first-order chi connectivity index (χ1) is 8.17. The number of nitrogens with zero attached hydrogens (tertiary/aromatic N) is 1. The van der Waals surface area contributed by atoms with Crippen LogP contribution >= 0.6 is 0 Å². The summed E-state index contributed by atoms with van der Waals surface area (Å²) >= 11 is 0.